The number of carbonyl (C=O) groups is 2. The third-order valence-electron chi connectivity index (χ3n) is 6.09. The van der Waals surface area contributed by atoms with Crippen molar-refractivity contribution in [1.82, 2.24) is 15.2 Å². The normalized spacial score (nSPS) is 23.4. The third-order valence-corrected chi connectivity index (χ3v) is 6.09. The van der Waals surface area contributed by atoms with Crippen molar-refractivity contribution in [2.45, 2.75) is 56.9 Å². The molecule has 1 aromatic heterocycles. The van der Waals surface area contributed by atoms with Gasteiger partial charge in [-0.25, -0.2) is 14.6 Å². The first-order chi connectivity index (χ1) is 16.6. The van der Waals surface area contributed by atoms with E-state index in [0.29, 0.717) is 23.6 Å². The van der Waals surface area contributed by atoms with Crippen LogP contribution in [0.5, 0.6) is 11.6 Å². The molecule has 35 heavy (non-hydrogen) atoms. The zero-order valence-corrected chi connectivity index (χ0v) is 20.3. The summed E-state index contributed by atoms with van der Waals surface area (Å²) in [4.78, 5) is 43.1. The lowest BCUT2D eigenvalue weighted by Crippen LogP contribution is -2.50. The molecular formula is C26H29N3O6. The minimum Gasteiger partial charge on any atom is -0.497 e. The molecule has 1 aliphatic carbocycles. The average molecular weight is 480 g/mol. The molecule has 0 radical (unpaired) electrons. The Morgan fingerprint density at radius 2 is 2.09 bits per heavy atom. The highest BCUT2D eigenvalue weighted by molar-refractivity contribution is 5.90. The minimum atomic E-state index is -0.909. The number of ether oxygens (including phenoxy) is 3. The molecule has 1 aliphatic heterocycles. The molecule has 2 heterocycles. The van der Waals surface area contributed by atoms with Crippen LogP contribution in [0.4, 0.5) is 4.79 Å². The maximum Gasteiger partial charge on any atom is 0.411 e. The number of pyridine rings is 1. The first-order valence-electron chi connectivity index (χ1n) is 11.4. The van der Waals surface area contributed by atoms with E-state index in [-0.39, 0.29) is 13.0 Å². The van der Waals surface area contributed by atoms with Crippen LogP contribution in [0.2, 0.25) is 0 Å². The van der Waals surface area contributed by atoms with E-state index < -0.39 is 35.3 Å². The van der Waals surface area contributed by atoms with Gasteiger partial charge in [0, 0.05) is 30.0 Å². The SMILES string of the molecule is C=CC1(NC(=O)C2CC(Oc3nccc4cc(OC)ccc34)CN2C(=O)OC(C)(C)C)CC1=C=O. The quantitative estimate of drug-likeness (QED) is 0.501. The second-order valence-electron chi connectivity index (χ2n) is 9.75. The zero-order valence-electron chi connectivity index (χ0n) is 20.3. The van der Waals surface area contributed by atoms with Crippen LogP contribution < -0.4 is 14.8 Å². The van der Waals surface area contributed by atoms with Crippen molar-refractivity contribution in [2.24, 2.45) is 0 Å². The fraction of sp³-hybridized carbons (Fsp3) is 0.423. The van der Waals surface area contributed by atoms with Crippen LogP contribution in [-0.2, 0) is 14.3 Å². The molecule has 2 aliphatic rings. The van der Waals surface area contributed by atoms with E-state index in [9.17, 15) is 14.4 Å². The predicted octanol–water partition coefficient (Wildman–Crippen LogP) is 3.20. The summed E-state index contributed by atoms with van der Waals surface area (Å²) in [5, 5.41) is 4.52. The Morgan fingerprint density at radius 3 is 2.71 bits per heavy atom. The van der Waals surface area contributed by atoms with Crippen LogP contribution in [0.1, 0.15) is 33.6 Å². The molecular weight excluding hydrogens is 450 g/mol. The Balaban J connectivity index is 1.57. The summed E-state index contributed by atoms with van der Waals surface area (Å²) in [7, 11) is 1.60. The van der Waals surface area contributed by atoms with Crippen molar-refractivity contribution in [3.63, 3.8) is 0 Å². The van der Waals surface area contributed by atoms with Crippen molar-refractivity contribution in [2.75, 3.05) is 13.7 Å². The van der Waals surface area contributed by atoms with Gasteiger partial charge in [0.1, 0.15) is 29.4 Å². The van der Waals surface area contributed by atoms with Gasteiger partial charge in [-0.1, -0.05) is 6.08 Å². The van der Waals surface area contributed by atoms with Crippen LogP contribution in [0.15, 0.2) is 48.7 Å². The third kappa shape index (κ3) is 5.00. The average Bonchev–Trinajstić information content (AvgIpc) is 3.35. The number of fused-ring (bicyclic) bond motifs is 1. The van der Waals surface area contributed by atoms with Gasteiger partial charge in [0.15, 0.2) is 0 Å². The van der Waals surface area contributed by atoms with E-state index in [1.165, 1.54) is 11.0 Å². The lowest BCUT2D eigenvalue weighted by atomic mass is 10.1. The molecule has 4 rings (SSSR count). The molecule has 0 bridgehead atoms. The van der Waals surface area contributed by atoms with Gasteiger partial charge in [-0.15, -0.1) is 6.58 Å². The monoisotopic (exact) mass is 479 g/mol. The number of benzene rings is 1. The highest BCUT2D eigenvalue weighted by Gasteiger charge is 2.52. The summed E-state index contributed by atoms with van der Waals surface area (Å²) in [5.74, 6) is 2.54. The van der Waals surface area contributed by atoms with Crippen molar-refractivity contribution in [3.8, 4) is 11.6 Å². The fourth-order valence-corrected chi connectivity index (χ4v) is 4.19. The second kappa shape index (κ2) is 9.07. The molecule has 1 aromatic carbocycles. The van der Waals surface area contributed by atoms with Gasteiger partial charge in [-0.2, -0.15) is 0 Å². The fourth-order valence-electron chi connectivity index (χ4n) is 4.19. The van der Waals surface area contributed by atoms with Gasteiger partial charge in [0.05, 0.1) is 19.2 Å². The number of methoxy groups -OCH3 is 1. The summed E-state index contributed by atoms with van der Waals surface area (Å²) in [6.07, 6.45) is 2.62. The van der Waals surface area contributed by atoms with Crippen molar-refractivity contribution in [1.29, 1.82) is 0 Å². The van der Waals surface area contributed by atoms with Crippen LogP contribution >= 0.6 is 0 Å². The topological polar surface area (TPSA) is 107 Å². The standard InChI is InChI=1S/C26H29N3O6/c1-6-26(13-17(26)15-30)28-22(31)21-12-19(14-29(21)24(32)35-25(2,3)4)34-23-20-8-7-18(33-5)11-16(20)9-10-27-23/h6-11,19,21H,1,12-14H2,2-5H3,(H,28,31). The molecule has 3 atom stereocenters. The van der Waals surface area contributed by atoms with Crippen LogP contribution in [0.3, 0.4) is 0 Å². The first-order valence-corrected chi connectivity index (χ1v) is 11.4. The van der Waals surface area contributed by atoms with Crippen LogP contribution in [0.25, 0.3) is 10.8 Å². The van der Waals surface area contributed by atoms with Gasteiger partial charge < -0.3 is 19.5 Å². The lowest BCUT2D eigenvalue weighted by Gasteiger charge is -2.28. The summed E-state index contributed by atoms with van der Waals surface area (Å²) in [6.45, 7) is 9.14. The summed E-state index contributed by atoms with van der Waals surface area (Å²) in [6, 6.07) is 6.55. The van der Waals surface area contributed by atoms with Crippen LogP contribution in [0, 0.1) is 0 Å². The summed E-state index contributed by atoms with van der Waals surface area (Å²) in [5.41, 5.74) is -1.22. The highest BCUT2D eigenvalue weighted by Crippen LogP contribution is 2.42. The molecule has 2 aromatic rings. The molecule has 9 heteroatoms. The molecule has 1 N–H and O–H groups in total. The van der Waals surface area contributed by atoms with Crippen molar-refractivity contribution < 1.29 is 28.6 Å². The van der Waals surface area contributed by atoms with Crippen LogP contribution in [-0.4, -0.2) is 64.8 Å². The Hall–Kier alpha value is -3.84. The second-order valence-corrected chi connectivity index (χ2v) is 9.75. The van der Waals surface area contributed by atoms with Crippen molar-refractivity contribution in [3.05, 3.63) is 48.7 Å². The molecule has 0 spiro atoms. The zero-order chi connectivity index (χ0) is 25.4. The largest absolute Gasteiger partial charge is 0.497 e. The number of nitrogens with one attached hydrogen (secondary N) is 1. The smallest absolute Gasteiger partial charge is 0.411 e. The number of nitrogens with zero attached hydrogens (tertiary/aromatic N) is 2. The van der Waals surface area contributed by atoms with E-state index in [0.717, 1.165) is 10.8 Å². The molecule has 9 nitrogen and oxygen atoms in total. The Labute approximate surface area is 203 Å². The number of carbonyl (C=O) groups excluding carboxylic acids is 3. The lowest BCUT2D eigenvalue weighted by molar-refractivity contribution is -0.126. The highest BCUT2D eigenvalue weighted by atomic mass is 16.6. The Kier molecular flexibility index (Phi) is 6.30. The molecule has 2 fully saturated rings. The molecule has 3 unspecified atom stereocenters. The predicted molar refractivity (Wildman–Crippen MR) is 129 cm³/mol. The van der Waals surface area contributed by atoms with E-state index in [1.54, 1.807) is 34.1 Å². The van der Waals surface area contributed by atoms with Gasteiger partial charge in [-0.3, -0.25) is 9.69 Å². The van der Waals surface area contributed by atoms with E-state index in [1.807, 2.05) is 30.2 Å². The van der Waals surface area contributed by atoms with Crippen molar-refractivity contribution >= 4 is 28.7 Å². The van der Waals surface area contributed by atoms with Gasteiger partial charge in [0.2, 0.25) is 11.8 Å². The maximum absolute atomic E-state index is 13.2. The van der Waals surface area contributed by atoms with Gasteiger partial charge in [-0.05, 0) is 50.4 Å². The number of amides is 2. The van der Waals surface area contributed by atoms with Gasteiger partial charge >= 0.3 is 6.09 Å². The molecule has 184 valence electrons. The van der Waals surface area contributed by atoms with E-state index in [2.05, 4.69) is 16.9 Å². The minimum absolute atomic E-state index is 0.138. The number of rotatable bonds is 6. The number of hydrogen-bond donors (Lipinski definition) is 1. The van der Waals surface area contributed by atoms with E-state index in [4.69, 9.17) is 14.2 Å². The number of likely N-dealkylation sites (tertiary alicyclic amines) is 1. The first kappa shape index (κ1) is 24.3. The molecule has 1 saturated heterocycles. The number of hydrogen-bond acceptors (Lipinski definition) is 7. The number of aromatic nitrogens is 1. The summed E-state index contributed by atoms with van der Waals surface area (Å²) >= 11 is 0. The van der Waals surface area contributed by atoms with Gasteiger partial charge in [0.25, 0.3) is 0 Å². The Morgan fingerprint density at radius 1 is 1.31 bits per heavy atom. The summed E-state index contributed by atoms with van der Waals surface area (Å²) < 4.78 is 17.0. The molecule has 1 saturated carbocycles. The van der Waals surface area contributed by atoms with E-state index >= 15 is 0 Å². The molecule has 2 amide bonds. The Bertz CT molecular complexity index is 1230. The maximum atomic E-state index is 13.2.